The number of imidazole rings is 1. The number of thioether (sulfide) groups is 1. The number of hydrogen-bond acceptors (Lipinski definition) is 6. The highest BCUT2D eigenvalue weighted by Gasteiger charge is 2.21. The van der Waals surface area contributed by atoms with Crippen LogP contribution in [0.3, 0.4) is 0 Å². The average molecular weight is 448 g/mol. The van der Waals surface area contributed by atoms with E-state index in [0.717, 1.165) is 53.9 Å². The fourth-order valence-corrected chi connectivity index (χ4v) is 4.72. The second-order valence-electron chi connectivity index (χ2n) is 7.91. The second-order valence-corrected chi connectivity index (χ2v) is 8.85. The van der Waals surface area contributed by atoms with Gasteiger partial charge in [-0.25, -0.2) is 4.98 Å². The first-order chi connectivity index (χ1) is 15.7. The van der Waals surface area contributed by atoms with Gasteiger partial charge in [0.15, 0.2) is 5.16 Å². The Morgan fingerprint density at radius 3 is 2.75 bits per heavy atom. The summed E-state index contributed by atoms with van der Waals surface area (Å²) in [5.74, 6) is 1.34. The van der Waals surface area contributed by atoms with Crippen LogP contribution in [0.4, 0.5) is 5.95 Å². The summed E-state index contributed by atoms with van der Waals surface area (Å²) in [5, 5.41) is 8.97. The van der Waals surface area contributed by atoms with Gasteiger partial charge in [0.1, 0.15) is 6.33 Å². The number of para-hydroxylation sites is 2. The molecule has 164 valence electrons. The number of carbonyl (C=O) groups excluding carboxylic acids is 1. The second kappa shape index (κ2) is 9.04. The molecule has 9 heteroatoms. The van der Waals surface area contributed by atoms with Crippen LogP contribution in [0.5, 0.6) is 0 Å². The van der Waals surface area contributed by atoms with Gasteiger partial charge in [-0.15, -0.1) is 10.2 Å². The molecule has 0 bridgehead atoms. The zero-order chi connectivity index (χ0) is 21.9. The van der Waals surface area contributed by atoms with Crippen molar-refractivity contribution in [1.29, 1.82) is 0 Å². The summed E-state index contributed by atoms with van der Waals surface area (Å²) in [5.41, 5.74) is 4.19. The molecule has 0 saturated carbocycles. The summed E-state index contributed by atoms with van der Waals surface area (Å²) in [6, 6.07) is 16.2. The topological polar surface area (TPSA) is 82.9 Å². The van der Waals surface area contributed by atoms with Crippen molar-refractivity contribution in [2.75, 3.05) is 36.8 Å². The molecule has 5 rings (SSSR count). The van der Waals surface area contributed by atoms with E-state index in [2.05, 4.69) is 39.1 Å². The van der Waals surface area contributed by atoms with Crippen LogP contribution in [0, 0.1) is 6.92 Å². The Labute approximate surface area is 190 Å². The molecule has 0 unspecified atom stereocenters. The monoisotopic (exact) mass is 447 g/mol. The molecule has 0 atom stereocenters. The van der Waals surface area contributed by atoms with Gasteiger partial charge in [0.25, 0.3) is 0 Å². The highest BCUT2D eigenvalue weighted by Crippen LogP contribution is 2.22. The predicted octanol–water partition coefficient (Wildman–Crippen LogP) is 3.28. The lowest BCUT2D eigenvalue weighted by Crippen LogP contribution is -2.36. The Bertz CT molecular complexity index is 1180. The molecule has 0 aliphatic carbocycles. The number of amides is 1. The van der Waals surface area contributed by atoms with Gasteiger partial charge in [0.05, 0.1) is 16.8 Å². The lowest BCUT2D eigenvalue weighted by atomic mass is 10.2. The van der Waals surface area contributed by atoms with Crippen molar-refractivity contribution >= 4 is 34.7 Å². The van der Waals surface area contributed by atoms with Gasteiger partial charge in [0.2, 0.25) is 11.9 Å². The molecular weight excluding hydrogens is 422 g/mol. The van der Waals surface area contributed by atoms with E-state index in [4.69, 9.17) is 4.98 Å². The van der Waals surface area contributed by atoms with E-state index in [0.29, 0.717) is 12.3 Å². The van der Waals surface area contributed by atoms with Gasteiger partial charge >= 0.3 is 0 Å². The first-order valence-corrected chi connectivity index (χ1v) is 11.7. The maximum absolute atomic E-state index is 12.9. The molecule has 2 aromatic heterocycles. The Hall–Kier alpha value is -3.33. The van der Waals surface area contributed by atoms with Gasteiger partial charge in [0, 0.05) is 31.9 Å². The zero-order valence-electron chi connectivity index (χ0n) is 17.9. The van der Waals surface area contributed by atoms with E-state index in [1.807, 2.05) is 45.9 Å². The summed E-state index contributed by atoms with van der Waals surface area (Å²) < 4.78 is 1.92. The number of hydrogen-bond donors (Lipinski definition) is 1. The third kappa shape index (κ3) is 4.34. The minimum atomic E-state index is 0.125. The zero-order valence-corrected chi connectivity index (χ0v) is 18.8. The molecule has 1 amide bonds. The number of rotatable bonds is 5. The molecular formula is C23H25N7OS. The highest BCUT2D eigenvalue weighted by atomic mass is 32.2. The van der Waals surface area contributed by atoms with Crippen LogP contribution < -0.4 is 4.90 Å². The van der Waals surface area contributed by atoms with E-state index in [9.17, 15) is 4.79 Å². The van der Waals surface area contributed by atoms with Gasteiger partial charge in [-0.1, -0.05) is 41.6 Å². The number of anilines is 1. The SMILES string of the molecule is Cc1ccc(-n2cnnc2SCC(=O)N2CCCN(c3nc4ccccc4[nH]3)CC2)cc1. The van der Waals surface area contributed by atoms with Crippen LogP contribution in [0.2, 0.25) is 0 Å². The van der Waals surface area contributed by atoms with Crippen molar-refractivity contribution in [3.8, 4) is 5.69 Å². The predicted molar refractivity (Wildman–Crippen MR) is 126 cm³/mol. The van der Waals surface area contributed by atoms with Crippen LogP contribution in [-0.2, 0) is 4.79 Å². The summed E-state index contributed by atoms with van der Waals surface area (Å²) in [6.45, 7) is 5.12. The Balaban J connectivity index is 1.20. The van der Waals surface area contributed by atoms with E-state index in [1.165, 1.54) is 17.3 Å². The Kier molecular flexibility index (Phi) is 5.81. The molecule has 3 heterocycles. The van der Waals surface area contributed by atoms with E-state index >= 15 is 0 Å². The molecule has 8 nitrogen and oxygen atoms in total. The molecule has 1 fully saturated rings. The minimum absolute atomic E-state index is 0.125. The molecule has 1 aliphatic heterocycles. The smallest absolute Gasteiger partial charge is 0.233 e. The Morgan fingerprint density at radius 1 is 1.06 bits per heavy atom. The Morgan fingerprint density at radius 2 is 1.91 bits per heavy atom. The van der Waals surface area contributed by atoms with Crippen LogP contribution in [-0.4, -0.2) is 67.5 Å². The molecule has 4 aromatic rings. The number of nitrogens with zero attached hydrogens (tertiary/aromatic N) is 6. The summed E-state index contributed by atoms with van der Waals surface area (Å²) in [6.07, 6.45) is 2.60. The number of aryl methyl sites for hydroxylation is 1. The minimum Gasteiger partial charge on any atom is -0.341 e. The lowest BCUT2D eigenvalue weighted by Gasteiger charge is -2.21. The number of fused-ring (bicyclic) bond motifs is 1. The maximum atomic E-state index is 12.9. The van der Waals surface area contributed by atoms with Gasteiger partial charge in [-0.3, -0.25) is 9.36 Å². The summed E-state index contributed by atoms with van der Waals surface area (Å²) >= 11 is 1.43. The van der Waals surface area contributed by atoms with E-state index in [1.54, 1.807) is 6.33 Å². The molecule has 0 radical (unpaired) electrons. The van der Waals surface area contributed by atoms with Gasteiger partial charge < -0.3 is 14.8 Å². The number of nitrogens with one attached hydrogen (secondary N) is 1. The average Bonchev–Trinajstić information content (AvgIpc) is 3.38. The molecule has 2 aromatic carbocycles. The largest absolute Gasteiger partial charge is 0.341 e. The lowest BCUT2D eigenvalue weighted by molar-refractivity contribution is -0.128. The normalized spacial score (nSPS) is 14.7. The number of aromatic nitrogens is 5. The maximum Gasteiger partial charge on any atom is 0.233 e. The number of benzene rings is 2. The van der Waals surface area contributed by atoms with E-state index in [-0.39, 0.29) is 5.91 Å². The molecule has 32 heavy (non-hydrogen) atoms. The molecule has 1 aliphatic rings. The van der Waals surface area contributed by atoms with Crippen molar-refractivity contribution < 1.29 is 4.79 Å². The summed E-state index contributed by atoms with van der Waals surface area (Å²) in [7, 11) is 0. The first-order valence-electron chi connectivity index (χ1n) is 10.7. The van der Waals surface area contributed by atoms with Crippen molar-refractivity contribution in [2.24, 2.45) is 0 Å². The van der Waals surface area contributed by atoms with Crippen LogP contribution in [0.1, 0.15) is 12.0 Å². The number of H-pyrrole nitrogens is 1. The van der Waals surface area contributed by atoms with Crippen molar-refractivity contribution in [2.45, 2.75) is 18.5 Å². The fourth-order valence-electron chi connectivity index (χ4n) is 3.89. The summed E-state index contributed by atoms with van der Waals surface area (Å²) in [4.78, 5) is 25.2. The standard InChI is InChI=1S/C23H25N7OS/c1-17-7-9-18(10-8-17)30-16-24-27-23(30)32-15-21(31)28-11-4-12-29(14-13-28)22-25-19-5-2-3-6-20(19)26-22/h2-3,5-10,16H,4,11-15H2,1H3,(H,25,26). The third-order valence-corrected chi connectivity index (χ3v) is 6.61. The molecule has 0 spiro atoms. The van der Waals surface area contributed by atoms with Gasteiger partial charge in [-0.2, -0.15) is 0 Å². The first kappa shape index (κ1) is 20.6. The highest BCUT2D eigenvalue weighted by molar-refractivity contribution is 7.99. The van der Waals surface area contributed by atoms with Crippen LogP contribution in [0.15, 0.2) is 60.0 Å². The number of aromatic amines is 1. The van der Waals surface area contributed by atoms with Crippen LogP contribution in [0.25, 0.3) is 16.7 Å². The molecule has 1 N–H and O–H groups in total. The quantitative estimate of drug-likeness (QED) is 0.473. The van der Waals surface area contributed by atoms with Crippen LogP contribution >= 0.6 is 11.8 Å². The van der Waals surface area contributed by atoms with Crippen molar-refractivity contribution in [3.05, 3.63) is 60.4 Å². The van der Waals surface area contributed by atoms with Gasteiger partial charge in [-0.05, 0) is 37.6 Å². The number of carbonyl (C=O) groups is 1. The van der Waals surface area contributed by atoms with Crippen molar-refractivity contribution in [3.63, 3.8) is 0 Å². The third-order valence-electron chi connectivity index (χ3n) is 5.68. The van der Waals surface area contributed by atoms with Crippen molar-refractivity contribution in [1.82, 2.24) is 29.6 Å². The fraction of sp³-hybridized carbons (Fsp3) is 0.304. The van der Waals surface area contributed by atoms with E-state index < -0.39 is 0 Å². The molecule has 1 saturated heterocycles.